The van der Waals surface area contributed by atoms with Crippen molar-refractivity contribution in [2.75, 3.05) is 5.32 Å². The summed E-state index contributed by atoms with van der Waals surface area (Å²) in [5.74, 6) is 0.180. The largest absolute Gasteiger partial charge is 0.382 e. The van der Waals surface area contributed by atoms with Gasteiger partial charge in [-0.3, -0.25) is 0 Å². The predicted octanol–water partition coefficient (Wildman–Crippen LogP) is 5.62. The number of hydrogen-bond acceptors (Lipinski definition) is 1. The van der Waals surface area contributed by atoms with Crippen molar-refractivity contribution < 1.29 is 4.39 Å². The van der Waals surface area contributed by atoms with Gasteiger partial charge in [-0.15, -0.1) is 0 Å². The molecule has 1 aliphatic rings. The molecule has 21 heavy (non-hydrogen) atoms. The summed E-state index contributed by atoms with van der Waals surface area (Å²) in [5.41, 5.74) is 2.13. The smallest absolute Gasteiger partial charge is 0.126 e. The van der Waals surface area contributed by atoms with Gasteiger partial charge in [-0.1, -0.05) is 54.8 Å². The molecule has 0 bridgehead atoms. The molecule has 0 spiro atoms. The molecular formula is C18H19ClFN. The first-order valence-corrected chi connectivity index (χ1v) is 7.88. The molecule has 0 amide bonds. The zero-order valence-corrected chi connectivity index (χ0v) is 12.6. The summed E-state index contributed by atoms with van der Waals surface area (Å²) in [7, 11) is 0. The molecule has 2 aromatic carbocycles. The molecule has 2 aromatic rings. The van der Waals surface area contributed by atoms with Crippen LogP contribution in [0.25, 0.3) is 0 Å². The number of halogens is 2. The maximum atomic E-state index is 13.5. The van der Waals surface area contributed by atoms with Crippen molar-refractivity contribution in [2.45, 2.75) is 37.6 Å². The van der Waals surface area contributed by atoms with Gasteiger partial charge >= 0.3 is 0 Å². The van der Waals surface area contributed by atoms with E-state index < -0.39 is 0 Å². The molecule has 0 radical (unpaired) electrons. The molecule has 3 rings (SSSR count). The molecule has 3 heteroatoms. The minimum Gasteiger partial charge on any atom is -0.382 e. The van der Waals surface area contributed by atoms with Crippen molar-refractivity contribution in [3.63, 3.8) is 0 Å². The Bertz CT molecular complexity index is 579. The topological polar surface area (TPSA) is 12.0 Å². The fraction of sp³-hybridized carbons (Fsp3) is 0.333. The Labute approximate surface area is 130 Å². The van der Waals surface area contributed by atoms with Gasteiger partial charge in [-0.25, -0.2) is 4.39 Å². The summed E-state index contributed by atoms with van der Waals surface area (Å²) in [5, 5.41) is 3.92. The van der Waals surface area contributed by atoms with Gasteiger partial charge in [-0.2, -0.15) is 0 Å². The molecule has 0 heterocycles. The highest BCUT2D eigenvalue weighted by atomic mass is 35.5. The van der Waals surface area contributed by atoms with Gasteiger partial charge < -0.3 is 5.32 Å². The zero-order chi connectivity index (χ0) is 14.7. The molecule has 1 N–H and O–H groups in total. The van der Waals surface area contributed by atoms with Crippen molar-refractivity contribution in [1.82, 2.24) is 0 Å². The van der Waals surface area contributed by atoms with E-state index >= 15 is 0 Å². The third kappa shape index (κ3) is 3.56. The maximum absolute atomic E-state index is 13.5. The van der Waals surface area contributed by atoms with E-state index in [0.29, 0.717) is 17.0 Å². The number of rotatable bonds is 3. The average Bonchev–Trinajstić information content (AvgIpc) is 2.48. The van der Waals surface area contributed by atoms with E-state index in [1.54, 1.807) is 6.07 Å². The highest BCUT2D eigenvalue weighted by Crippen LogP contribution is 2.35. The normalized spacial score (nSPS) is 22.0. The lowest BCUT2D eigenvalue weighted by Crippen LogP contribution is -2.30. The van der Waals surface area contributed by atoms with E-state index in [4.69, 9.17) is 11.6 Å². The Morgan fingerprint density at radius 3 is 2.52 bits per heavy atom. The molecular weight excluding hydrogens is 285 g/mol. The quantitative estimate of drug-likeness (QED) is 0.776. The van der Waals surface area contributed by atoms with E-state index in [1.807, 2.05) is 6.07 Å². The predicted molar refractivity (Wildman–Crippen MR) is 86.5 cm³/mol. The molecule has 2 unspecified atom stereocenters. The van der Waals surface area contributed by atoms with Crippen LogP contribution in [0.3, 0.4) is 0 Å². The van der Waals surface area contributed by atoms with Crippen LogP contribution in [0.5, 0.6) is 0 Å². The van der Waals surface area contributed by atoms with Crippen LogP contribution in [-0.2, 0) is 0 Å². The number of nitrogens with one attached hydrogen (secondary N) is 1. The summed E-state index contributed by atoms with van der Waals surface area (Å²) >= 11 is 5.94. The first-order valence-electron chi connectivity index (χ1n) is 7.50. The molecule has 1 nitrogen and oxygen atoms in total. The van der Waals surface area contributed by atoms with Crippen molar-refractivity contribution in [2.24, 2.45) is 0 Å². The Kier molecular flexibility index (Phi) is 4.45. The van der Waals surface area contributed by atoms with Crippen molar-refractivity contribution >= 4 is 17.3 Å². The van der Waals surface area contributed by atoms with Crippen molar-refractivity contribution in [3.05, 3.63) is 64.9 Å². The van der Waals surface area contributed by atoms with E-state index in [9.17, 15) is 4.39 Å². The van der Waals surface area contributed by atoms with Crippen LogP contribution in [0.4, 0.5) is 10.1 Å². The molecule has 0 aliphatic heterocycles. The Hall–Kier alpha value is -1.54. The number of anilines is 1. The summed E-state index contributed by atoms with van der Waals surface area (Å²) in [4.78, 5) is 0. The van der Waals surface area contributed by atoms with Crippen LogP contribution in [0.15, 0.2) is 48.5 Å². The third-order valence-electron chi connectivity index (χ3n) is 4.21. The average molecular weight is 304 g/mol. The minimum atomic E-state index is -0.294. The Morgan fingerprint density at radius 2 is 1.76 bits per heavy atom. The lowest BCUT2D eigenvalue weighted by atomic mass is 9.80. The second-order valence-electron chi connectivity index (χ2n) is 5.71. The molecule has 0 aromatic heterocycles. The van der Waals surface area contributed by atoms with Gasteiger partial charge in [0.2, 0.25) is 0 Å². The standard InChI is InChI=1S/C18H19ClFN/c19-14-10-15(20)12-16(11-14)21-18-9-5-4-8-17(18)13-6-2-1-3-7-13/h1-3,6-7,10-12,17-18,21H,4-5,8-9H2. The lowest BCUT2D eigenvalue weighted by Gasteiger charge is -2.33. The Balaban J connectivity index is 1.81. The van der Waals surface area contributed by atoms with Crippen LogP contribution in [0.2, 0.25) is 5.02 Å². The molecule has 1 fully saturated rings. The highest BCUT2D eigenvalue weighted by Gasteiger charge is 2.26. The second kappa shape index (κ2) is 6.48. The number of benzene rings is 2. The van der Waals surface area contributed by atoms with Crippen LogP contribution in [0, 0.1) is 5.82 Å². The summed E-state index contributed by atoms with van der Waals surface area (Å²) in [6.07, 6.45) is 4.74. The van der Waals surface area contributed by atoms with Gasteiger partial charge in [0.25, 0.3) is 0 Å². The van der Waals surface area contributed by atoms with E-state index in [2.05, 4.69) is 29.6 Å². The van der Waals surface area contributed by atoms with Crippen LogP contribution in [-0.4, -0.2) is 6.04 Å². The van der Waals surface area contributed by atoms with Crippen LogP contribution >= 0.6 is 11.6 Å². The van der Waals surface area contributed by atoms with E-state index in [1.165, 1.54) is 37.0 Å². The molecule has 0 saturated heterocycles. The maximum Gasteiger partial charge on any atom is 0.126 e. The number of hydrogen-bond donors (Lipinski definition) is 1. The third-order valence-corrected chi connectivity index (χ3v) is 4.43. The lowest BCUT2D eigenvalue weighted by molar-refractivity contribution is 0.405. The van der Waals surface area contributed by atoms with Gasteiger partial charge in [0.05, 0.1) is 0 Å². The van der Waals surface area contributed by atoms with Crippen LogP contribution < -0.4 is 5.32 Å². The first kappa shape index (κ1) is 14.4. The van der Waals surface area contributed by atoms with Crippen LogP contribution in [0.1, 0.15) is 37.2 Å². The van der Waals surface area contributed by atoms with E-state index in [0.717, 1.165) is 12.1 Å². The monoisotopic (exact) mass is 303 g/mol. The SMILES string of the molecule is Fc1cc(Cl)cc(NC2CCCCC2c2ccccc2)c1. The van der Waals surface area contributed by atoms with Gasteiger partial charge in [-0.05, 0) is 36.6 Å². The van der Waals surface area contributed by atoms with Crippen molar-refractivity contribution in [1.29, 1.82) is 0 Å². The zero-order valence-electron chi connectivity index (χ0n) is 11.9. The highest BCUT2D eigenvalue weighted by molar-refractivity contribution is 6.30. The minimum absolute atomic E-state index is 0.294. The molecule has 1 aliphatic carbocycles. The van der Waals surface area contributed by atoms with Gasteiger partial charge in [0, 0.05) is 22.7 Å². The second-order valence-corrected chi connectivity index (χ2v) is 6.15. The first-order chi connectivity index (χ1) is 10.2. The van der Waals surface area contributed by atoms with Crippen molar-refractivity contribution in [3.8, 4) is 0 Å². The summed E-state index contributed by atoms with van der Waals surface area (Å²) < 4.78 is 13.5. The Morgan fingerprint density at radius 1 is 1.00 bits per heavy atom. The molecule has 110 valence electrons. The summed E-state index contributed by atoms with van der Waals surface area (Å²) in [6.45, 7) is 0. The fourth-order valence-electron chi connectivity index (χ4n) is 3.25. The fourth-order valence-corrected chi connectivity index (χ4v) is 3.48. The molecule has 2 atom stereocenters. The van der Waals surface area contributed by atoms with Gasteiger partial charge in [0.1, 0.15) is 5.82 Å². The summed E-state index contributed by atoms with van der Waals surface area (Å²) in [6, 6.07) is 15.6. The van der Waals surface area contributed by atoms with Gasteiger partial charge in [0.15, 0.2) is 0 Å². The molecule has 1 saturated carbocycles. The van der Waals surface area contributed by atoms with E-state index in [-0.39, 0.29) is 5.82 Å².